The molecule has 4 heteroatoms. The van der Waals surface area contributed by atoms with Crippen LogP contribution in [0.2, 0.25) is 5.02 Å². The highest BCUT2D eigenvalue weighted by molar-refractivity contribution is 6.30. The Kier molecular flexibility index (Phi) is 2.63. The molecular formula is C13H14ClN3. The van der Waals surface area contributed by atoms with Gasteiger partial charge >= 0.3 is 0 Å². The van der Waals surface area contributed by atoms with Gasteiger partial charge in [0.15, 0.2) is 5.82 Å². The lowest BCUT2D eigenvalue weighted by molar-refractivity contribution is 0.396. The predicted octanol–water partition coefficient (Wildman–Crippen LogP) is 3.18. The predicted molar refractivity (Wildman–Crippen MR) is 68.0 cm³/mol. The molecule has 1 aliphatic rings. The number of aromatic nitrogens is 3. The van der Waals surface area contributed by atoms with Crippen LogP contribution in [0.5, 0.6) is 0 Å². The van der Waals surface area contributed by atoms with Crippen LogP contribution in [0.3, 0.4) is 0 Å². The second-order valence-electron chi connectivity index (χ2n) is 4.70. The van der Waals surface area contributed by atoms with E-state index in [0.717, 1.165) is 35.2 Å². The third-order valence-corrected chi connectivity index (χ3v) is 3.50. The smallest absolute Gasteiger partial charge is 0.164 e. The first-order chi connectivity index (χ1) is 8.24. The molecule has 1 unspecified atom stereocenters. The molecule has 3 nitrogen and oxygen atoms in total. The molecule has 0 amide bonds. The van der Waals surface area contributed by atoms with E-state index in [-0.39, 0.29) is 0 Å². The van der Waals surface area contributed by atoms with Gasteiger partial charge in [-0.05, 0) is 24.5 Å². The summed E-state index contributed by atoms with van der Waals surface area (Å²) in [7, 11) is 0. The van der Waals surface area contributed by atoms with Gasteiger partial charge in [-0.2, -0.15) is 0 Å². The van der Waals surface area contributed by atoms with Crippen molar-refractivity contribution in [3.05, 3.63) is 35.1 Å². The van der Waals surface area contributed by atoms with Crippen molar-refractivity contribution in [1.29, 1.82) is 0 Å². The SMILES string of the molecule is CC1CCc2nnc(-c3cccc(Cl)c3)n2C1. The summed E-state index contributed by atoms with van der Waals surface area (Å²) < 4.78 is 2.22. The zero-order valence-corrected chi connectivity index (χ0v) is 10.5. The molecule has 17 heavy (non-hydrogen) atoms. The van der Waals surface area contributed by atoms with Gasteiger partial charge in [0.1, 0.15) is 5.82 Å². The molecule has 0 aliphatic carbocycles. The zero-order chi connectivity index (χ0) is 11.8. The van der Waals surface area contributed by atoms with Crippen LogP contribution in [-0.2, 0) is 13.0 Å². The van der Waals surface area contributed by atoms with Gasteiger partial charge in [0.25, 0.3) is 0 Å². The highest BCUT2D eigenvalue weighted by atomic mass is 35.5. The second-order valence-corrected chi connectivity index (χ2v) is 5.14. The lowest BCUT2D eigenvalue weighted by Gasteiger charge is -2.20. The minimum absolute atomic E-state index is 0.691. The number of hydrogen-bond donors (Lipinski definition) is 0. The largest absolute Gasteiger partial charge is 0.311 e. The molecule has 88 valence electrons. The van der Waals surface area contributed by atoms with Crippen molar-refractivity contribution < 1.29 is 0 Å². The Hall–Kier alpha value is -1.35. The van der Waals surface area contributed by atoms with Crippen molar-refractivity contribution in [1.82, 2.24) is 14.8 Å². The van der Waals surface area contributed by atoms with Crippen LogP contribution in [0, 0.1) is 5.92 Å². The highest BCUT2D eigenvalue weighted by Crippen LogP contribution is 2.26. The van der Waals surface area contributed by atoms with Gasteiger partial charge in [-0.25, -0.2) is 0 Å². The van der Waals surface area contributed by atoms with Crippen molar-refractivity contribution in [3.63, 3.8) is 0 Å². The Morgan fingerprint density at radius 1 is 1.35 bits per heavy atom. The number of fused-ring (bicyclic) bond motifs is 1. The summed E-state index contributed by atoms with van der Waals surface area (Å²) in [5, 5.41) is 9.30. The summed E-state index contributed by atoms with van der Waals surface area (Å²) >= 11 is 6.02. The summed E-state index contributed by atoms with van der Waals surface area (Å²) in [5.74, 6) is 2.73. The Bertz CT molecular complexity index is 547. The van der Waals surface area contributed by atoms with Crippen molar-refractivity contribution >= 4 is 11.6 Å². The number of benzene rings is 1. The fourth-order valence-electron chi connectivity index (χ4n) is 2.33. The third-order valence-electron chi connectivity index (χ3n) is 3.27. The average Bonchev–Trinajstić information content (AvgIpc) is 2.71. The van der Waals surface area contributed by atoms with E-state index in [1.807, 2.05) is 24.3 Å². The first kappa shape index (κ1) is 10.8. The fraction of sp³-hybridized carbons (Fsp3) is 0.385. The zero-order valence-electron chi connectivity index (χ0n) is 9.73. The summed E-state index contributed by atoms with van der Waals surface area (Å²) in [6, 6.07) is 7.80. The maximum Gasteiger partial charge on any atom is 0.164 e. The Morgan fingerprint density at radius 3 is 3.06 bits per heavy atom. The summed E-state index contributed by atoms with van der Waals surface area (Å²) in [6.45, 7) is 3.27. The van der Waals surface area contributed by atoms with Crippen molar-refractivity contribution in [3.8, 4) is 11.4 Å². The first-order valence-corrected chi connectivity index (χ1v) is 6.30. The number of aryl methyl sites for hydroxylation is 1. The fourth-order valence-corrected chi connectivity index (χ4v) is 2.52. The summed E-state index contributed by atoms with van der Waals surface area (Å²) in [5.41, 5.74) is 1.05. The maximum absolute atomic E-state index is 6.02. The third kappa shape index (κ3) is 1.95. The molecule has 1 aromatic heterocycles. The van der Waals surface area contributed by atoms with E-state index in [9.17, 15) is 0 Å². The van der Waals surface area contributed by atoms with E-state index < -0.39 is 0 Å². The molecule has 2 heterocycles. The first-order valence-electron chi connectivity index (χ1n) is 5.92. The van der Waals surface area contributed by atoms with Crippen molar-refractivity contribution in [2.75, 3.05) is 0 Å². The molecule has 0 bridgehead atoms. The van der Waals surface area contributed by atoms with E-state index in [1.54, 1.807) is 0 Å². The molecule has 0 saturated carbocycles. The molecular weight excluding hydrogens is 234 g/mol. The van der Waals surface area contributed by atoms with Crippen LogP contribution < -0.4 is 0 Å². The van der Waals surface area contributed by atoms with E-state index >= 15 is 0 Å². The minimum Gasteiger partial charge on any atom is -0.311 e. The highest BCUT2D eigenvalue weighted by Gasteiger charge is 2.20. The van der Waals surface area contributed by atoms with Crippen LogP contribution in [0.15, 0.2) is 24.3 Å². The topological polar surface area (TPSA) is 30.7 Å². The molecule has 0 saturated heterocycles. The molecule has 0 N–H and O–H groups in total. The van der Waals surface area contributed by atoms with E-state index in [0.29, 0.717) is 5.92 Å². The van der Waals surface area contributed by atoms with E-state index in [2.05, 4.69) is 21.7 Å². The lowest BCUT2D eigenvalue weighted by atomic mass is 10.0. The van der Waals surface area contributed by atoms with Gasteiger partial charge < -0.3 is 4.57 Å². The Balaban J connectivity index is 2.07. The van der Waals surface area contributed by atoms with Crippen molar-refractivity contribution in [2.45, 2.75) is 26.3 Å². The Morgan fingerprint density at radius 2 is 2.24 bits per heavy atom. The summed E-state index contributed by atoms with van der Waals surface area (Å²) in [4.78, 5) is 0. The lowest BCUT2D eigenvalue weighted by Crippen LogP contribution is -2.18. The quantitative estimate of drug-likeness (QED) is 0.775. The summed E-state index contributed by atoms with van der Waals surface area (Å²) in [6.07, 6.45) is 2.22. The standard InChI is InChI=1S/C13H14ClN3/c1-9-5-6-12-15-16-13(17(12)8-9)10-3-2-4-11(14)7-10/h2-4,7,9H,5-6,8H2,1H3. The molecule has 0 fully saturated rings. The van der Waals surface area contributed by atoms with Crippen LogP contribution in [0.4, 0.5) is 0 Å². The molecule has 2 aromatic rings. The maximum atomic E-state index is 6.02. The number of nitrogens with zero attached hydrogens (tertiary/aromatic N) is 3. The molecule has 0 radical (unpaired) electrons. The second kappa shape index (κ2) is 4.15. The van der Waals surface area contributed by atoms with Crippen LogP contribution in [-0.4, -0.2) is 14.8 Å². The van der Waals surface area contributed by atoms with Crippen LogP contribution in [0.25, 0.3) is 11.4 Å². The minimum atomic E-state index is 0.691. The number of hydrogen-bond acceptors (Lipinski definition) is 2. The van der Waals surface area contributed by atoms with Gasteiger partial charge in [0, 0.05) is 23.6 Å². The average molecular weight is 248 g/mol. The van der Waals surface area contributed by atoms with E-state index in [1.165, 1.54) is 6.42 Å². The van der Waals surface area contributed by atoms with Crippen LogP contribution >= 0.6 is 11.6 Å². The van der Waals surface area contributed by atoms with Gasteiger partial charge in [0.2, 0.25) is 0 Å². The monoisotopic (exact) mass is 247 g/mol. The van der Waals surface area contributed by atoms with Gasteiger partial charge in [-0.1, -0.05) is 30.7 Å². The molecule has 3 rings (SSSR count). The van der Waals surface area contributed by atoms with E-state index in [4.69, 9.17) is 11.6 Å². The van der Waals surface area contributed by atoms with Gasteiger partial charge in [0.05, 0.1) is 0 Å². The van der Waals surface area contributed by atoms with Crippen LogP contribution in [0.1, 0.15) is 19.2 Å². The molecule has 0 spiro atoms. The normalized spacial score (nSPS) is 19.1. The molecule has 1 atom stereocenters. The van der Waals surface area contributed by atoms with Crippen molar-refractivity contribution in [2.24, 2.45) is 5.92 Å². The van der Waals surface area contributed by atoms with Gasteiger partial charge in [-0.15, -0.1) is 10.2 Å². The molecule has 1 aromatic carbocycles. The number of halogens is 1. The number of rotatable bonds is 1. The molecule has 1 aliphatic heterocycles. The van der Waals surface area contributed by atoms with Gasteiger partial charge in [-0.3, -0.25) is 0 Å². The Labute approximate surface area is 105 Å².